The van der Waals surface area contributed by atoms with E-state index >= 15 is 0 Å². The van der Waals surface area contributed by atoms with Crippen LogP contribution in [0.4, 0.5) is 0 Å². The Labute approximate surface area is 185 Å². The molecule has 0 aliphatic heterocycles. The molecule has 2 heterocycles. The Hall–Kier alpha value is -3.24. The number of nitrogens with one attached hydrogen (secondary N) is 1. The third kappa shape index (κ3) is 4.11. The van der Waals surface area contributed by atoms with Gasteiger partial charge in [-0.1, -0.05) is 6.07 Å². The summed E-state index contributed by atoms with van der Waals surface area (Å²) in [6.07, 6.45) is 4.00. The summed E-state index contributed by atoms with van der Waals surface area (Å²) in [4.78, 5) is 21.6. The van der Waals surface area contributed by atoms with Gasteiger partial charge in [-0.15, -0.1) is 0 Å². The number of aromatic nitrogens is 2. The van der Waals surface area contributed by atoms with Crippen molar-refractivity contribution >= 4 is 26.8 Å². The minimum Gasteiger partial charge on any atom is -0.489 e. The zero-order valence-electron chi connectivity index (χ0n) is 17.7. The van der Waals surface area contributed by atoms with Crippen LogP contribution in [-0.2, 0) is 25.0 Å². The largest absolute Gasteiger partial charge is 0.489 e. The molecule has 9 nitrogen and oxygen atoms in total. The first kappa shape index (κ1) is 22.0. The molecule has 10 heteroatoms. The molecule has 1 N–H and O–H groups in total. The number of nitrogens with zero attached hydrogens (tertiary/aromatic N) is 2. The molecule has 0 bridgehead atoms. The normalized spacial score (nSPS) is 14.7. The van der Waals surface area contributed by atoms with Crippen LogP contribution in [0.5, 0.6) is 11.6 Å². The molecule has 1 amide bonds. The number of fused-ring (bicyclic) bond motifs is 1. The summed E-state index contributed by atoms with van der Waals surface area (Å²) in [5.41, 5.74) is 0.0125. The Morgan fingerprint density at radius 2 is 1.94 bits per heavy atom. The van der Waals surface area contributed by atoms with Gasteiger partial charge in [0.1, 0.15) is 12.4 Å². The lowest BCUT2D eigenvalue weighted by molar-refractivity contribution is -0.121. The van der Waals surface area contributed by atoms with Gasteiger partial charge in [0.15, 0.2) is 0 Å². The van der Waals surface area contributed by atoms with Crippen molar-refractivity contribution in [3.63, 3.8) is 0 Å². The van der Waals surface area contributed by atoms with E-state index in [4.69, 9.17) is 14.2 Å². The van der Waals surface area contributed by atoms with E-state index in [1.165, 1.54) is 19.4 Å². The van der Waals surface area contributed by atoms with Crippen LogP contribution in [-0.4, -0.2) is 51.7 Å². The van der Waals surface area contributed by atoms with Crippen molar-refractivity contribution in [2.45, 2.75) is 23.2 Å². The monoisotopic (exact) mass is 457 g/mol. The second-order valence-electron chi connectivity index (χ2n) is 7.41. The minimum absolute atomic E-state index is 0.00359. The number of hydrogen-bond donors (Lipinski definition) is 1. The summed E-state index contributed by atoms with van der Waals surface area (Å²) >= 11 is 0. The molecule has 0 unspecified atom stereocenters. The molecule has 168 valence electrons. The Morgan fingerprint density at radius 1 is 1.12 bits per heavy atom. The number of hydrogen-bond acceptors (Lipinski definition) is 8. The van der Waals surface area contributed by atoms with Crippen molar-refractivity contribution in [2.24, 2.45) is 0 Å². The third-order valence-corrected chi connectivity index (χ3v) is 6.81. The lowest BCUT2D eigenvalue weighted by Gasteiger charge is -2.20. The van der Waals surface area contributed by atoms with Crippen molar-refractivity contribution < 1.29 is 27.4 Å². The van der Waals surface area contributed by atoms with Crippen LogP contribution < -0.4 is 14.2 Å². The number of carbonyl (C=O) groups excluding carboxylic acids is 1. The molecule has 4 rings (SSSR count). The Balaban J connectivity index is 1.66. The molecule has 1 aliphatic rings. The van der Waals surface area contributed by atoms with Gasteiger partial charge >= 0.3 is 0 Å². The molecule has 3 aromatic rings. The molecule has 2 aromatic heterocycles. The van der Waals surface area contributed by atoms with Crippen molar-refractivity contribution in [3.8, 4) is 11.6 Å². The van der Waals surface area contributed by atoms with Crippen molar-refractivity contribution in [2.75, 3.05) is 27.4 Å². The molecular formula is C22H23N3O6S. The molecule has 1 aromatic carbocycles. The maximum absolute atomic E-state index is 13.3. The van der Waals surface area contributed by atoms with Crippen LogP contribution in [0.15, 0.2) is 53.7 Å². The summed E-state index contributed by atoms with van der Waals surface area (Å²) in [6, 6.07) is 9.68. The van der Waals surface area contributed by atoms with Gasteiger partial charge in [-0.25, -0.2) is 18.1 Å². The first-order valence-corrected chi connectivity index (χ1v) is 11.5. The fraction of sp³-hybridized carbons (Fsp3) is 0.318. The summed E-state index contributed by atoms with van der Waals surface area (Å²) in [6.45, 7) is 0.616. The molecule has 1 saturated carbocycles. The van der Waals surface area contributed by atoms with Crippen molar-refractivity contribution in [1.29, 1.82) is 0 Å². The van der Waals surface area contributed by atoms with Gasteiger partial charge < -0.3 is 14.2 Å². The SMILES string of the molecule is COCCOc1cnc(OC)cc1C1(C(=O)NS(=O)(=O)c2cccc3ncccc23)CC1. The molecule has 0 spiro atoms. The molecule has 1 fully saturated rings. The Kier molecular flexibility index (Phi) is 5.98. The van der Waals surface area contributed by atoms with E-state index in [9.17, 15) is 13.2 Å². The second-order valence-corrected chi connectivity index (χ2v) is 9.06. The number of methoxy groups -OCH3 is 2. The van der Waals surface area contributed by atoms with E-state index in [1.54, 1.807) is 43.6 Å². The van der Waals surface area contributed by atoms with E-state index in [2.05, 4.69) is 14.7 Å². The Bertz CT molecular complexity index is 1250. The lowest BCUT2D eigenvalue weighted by atomic mass is 9.95. The predicted octanol–water partition coefficient (Wildman–Crippen LogP) is 2.20. The highest BCUT2D eigenvalue weighted by Gasteiger charge is 2.54. The number of benzene rings is 1. The van der Waals surface area contributed by atoms with Crippen LogP contribution >= 0.6 is 0 Å². The third-order valence-electron chi connectivity index (χ3n) is 5.42. The maximum Gasteiger partial charge on any atom is 0.264 e. The molecular weight excluding hydrogens is 434 g/mol. The number of rotatable bonds is 9. The van der Waals surface area contributed by atoms with Crippen LogP contribution in [0.25, 0.3) is 10.9 Å². The lowest BCUT2D eigenvalue weighted by Crippen LogP contribution is -2.39. The van der Waals surface area contributed by atoms with Crippen molar-refractivity contribution in [1.82, 2.24) is 14.7 Å². The molecule has 0 saturated heterocycles. The first-order chi connectivity index (χ1) is 15.4. The highest BCUT2D eigenvalue weighted by molar-refractivity contribution is 7.90. The van der Waals surface area contributed by atoms with Gasteiger partial charge in [0.2, 0.25) is 11.8 Å². The van der Waals surface area contributed by atoms with E-state index in [-0.39, 0.29) is 11.5 Å². The second kappa shape index (κ2) is 8.71. The van der Waals surface area contributed by atoms with Gasteiger partial charge in [0, 0.05) is 30.3 Å². The quantitative estimate of drug-likeness (QED) is 0.486. The summed E-state index contributed by atoms with van der Waals surface area (Å²) < 4.78 is 44.5. The van der Waals surface area contributed by atoms with Crippen molar-refractivity contribution in [3.05, 3.63) is 54.4 Å². The number of pyridine rings is 2. The van der Waals surface area contributed by atoms with Crippen LogP contribution in [0, 0.1) is 0 Å². The summed E-state index contributed by atoms with van der Waals surface area (Å²) in [7, 11) is -1.11. The molecule has 1 aliphatic carbocycles. The van der Waals surface area contributed by atoms with E-state index in [0.29, 0.717) is 47.5 Å². The maximum atomic E-state index is 13.3. The van der Waals surface area contributed by atoms with Gasteiger partial charge in [0.25, 0.3) is 10.0 Å². The standard InChI is InChI=1S/C22H23N3O6S/c1-29-11-12-31-18-14-24-20(30-2)13-16(18)22(8-9-22)21(26)25-32(27,28)19-7-3-6-17-15(19)5-4-10-23-17/h3-7,10,13-14H,8-9,11-12H2,1-2H3,(H,25,26). The van der Waals surface area contributed by atoms with Gasteiger partial charge in [-0.05, 0) is 37.1 Å². The van der Waals surface area contributed by atoms with E-state index in [1.807, 2.05) is 0 Å². The zero-order valence-corrected chi connectivity index (χ0v) is 18.5. The topological polar surface area (TPSA) is 117 Å². The van der Waals surface area contributed by atoms with E-state index in [0.717, 1.165) is 0 Å². The van der Waals surface area contributed by atoms with Crippen LogP contribution in [0.1, 0.15) is 18.4 Å². The van der Waals surface area contributed by atoms with Crippen LogP contribution in [0.3, 0.4) is 0 Å². The predicted molar refractivity (Wildman–Crippen MR) is 116 cm³/mol. The van der Waals surface area contributed by atoms with Gasteiger partial charge in [-0.2, -0.15) is 0 Å². The van der Waals surface area contributed by atoms with E-state index < -0.39 is 21.3 Å². The highest BCUT2D eigenvalue weighted by Crippen LogP contribution is 2.52. The number of sulfonamides is 1. The highest BCUT2D eigenvalue weighted by atomic mass is 32.2. The minimum atomic E-state index is -4.13. The number of ether oxygens (including phenoxy) is 3. The molecule has 32 heavy (non-hydrogen) atoms. The fourth-order valence-electron chi connectivity index (χ4n) is 3.59. The average molecular weight is 458 g/mol. The number of amides is 1. The fourth-order valence-corrected chi connectivity index (χ4v) is 4.86. The smallest absolute Gasteiger partial charge is 0.264 e. The van der Waals surface area contributed by atoms with Gasteiger partial charge in [-0.3, -0.25) is 9.78 Å². The molecule has 0 radical (unpaired) electrons. The van der Waals surface area contributed by atoms with Crippen LogP contribution in [0.2, 0.25) is 0 Å². The first-order valence-electron chi connectivity index (χ1n) is 9.98. The Morgan fingerprint density at radius 3 is 2.66 bits per heavy atom. The summed E-state index contributed by atoms with van der Waals surface area (Å²) in [5, 5.41) is 0.439. The molecule has 0 atom stereocenters. The average Bonchev–Trinajstić information content (AvgIpc) is 3.61. The van der Waals surface area contributed by atoms with Gasteiger partial charge in [0.05, 0.1) is 35.7 Å². The number of carbonyl (C=O) groups is 1. The zero-order chi connectivity index (χ0) is 22.8. The summed E-state index contributed by atoms with van der Waals surface area (Å²) in [5.74, 6) is 0.0756.